The van der Waals surface area contributed by atoms with Crippen LogP contribution in [0.15, 0.2) is 36.5 Å². The van der Waals surface area contributed by atoms with Crippen molar-refractivity contribution in [1.29, 1.82) is 0 Å². The first-order chi connectivity index (χ1) is 16.9. The summed E-state index contributed by atoms with van der Waals surface area (Å²) in [6, 6.07) is 9.63. The lowest BCUT2D eigenvalue weighted by molar-refractivity contribution is -0.192. The number of hydrogen-bond donors (Lipinski definition) is 1. The molecule has 198 valence electrons. The van der Waals surface area contributed by atoms with Crippen molar-refractivity contribution >= 4 is 23.4 Å². The molecule has 2 saturated heterocycles. The summed E-state index contributed by atoms with van der Waals surface area (Å²) in [6.45, 7) is 5.13. The van der Waals surface area contributed by atoms with Gasteiger partial charge in [0.1, 0.15) is 5.82 Å². The lowest BCUT2D eigenvalue weighted by Crippen LogP contribution is -2.56. The van der Waals surface area contributed by atoms with Crippen LogP contribution in [0.25, 0.3) is 0 Å². The van der Waals surface area contributed by atoms with Crippen molar-refractivity contribution in [2.45, 2.75) is 50.6 Å². The minimum Gasteiger partial charge on any atom is -0.475 e. The predicted molar refractivity (Wildman–Crippen MR) is 124 cm³/mol. The van der Waals surface area contributed by atoms with Crippen LogP contribution in [0, 0.1) is 11.6 Å². The summed E-state index contributed by atoms with van der Waals surface area (Å²) in [5.74, 6) is -3.75. The maximum absolute atomic E-state index is 14.1. The van der Waals surface area contributed by atoms with E-state index in [2.05, 4.69) is 28.9 Å². The molecule has 2 aliphatic heterocycles. The zero-order valence-corrected chi connectivity index (χ0v) is 20.3. The molecule has 2 fully saturated rings. The van der Waals surface area contributed by atoms with E-state index in [9.17, 15) is 22.0 Å². The van der Waals surface area contributed by atoms with Gasteiger partial charge >= 0.3 is 12.1 Å². The van der Waals surface area contributed by atoms with Crippen LogP contribution in [0.1, 0.15) is 25.3 Å². The van der Waals surface area contributed by atoms with E-state index >= 15 is 0 Å². The van der Waals surface area contributed by atoms with E-state index in [0.717, 1.165) is 43.1 Å². The Morgan fingerprint density at radius 1 is 1.19 bits per heavy atom. The number of morpholine rings is 1. The fraction of sp³-hybridized carbons (Fsp3) is 0.500. The normalized spacial score (nSPS) is 21.6. The number of aliphatic carboxylic acids is 1. The van der Waals surface area contributed by atoms with E-state index in [-0.39, 0.29) is 11.9 Å². The van der Waals surface area contributed by atoms with Gasteiger partial charge in [0.25, 0.3) is 0 Å². The molecule has 0 aliphatic carbocycles. The molecule has 3 heterocycles. The second-order valence-electron chi connectivity index (χ2n) is 8.81. The Bertz CT molecular complexity index is 1020. The molecule has 0 unspecified atom stereocenters. The van der Waals surface area contributed by atoms with Crippen molar-refractivity contribution in [2.24, 2.45) is 0 Å². The SMILES string of the molecule is C[C@H]1CN(C2CCN(c3ncc(F)cc3F)CC2)[C@@H](Cc2ccc(Cl)cc2)CO1.O=C(O)C(F)(F)F. The lowest BCUT2D eigenvalue weighted by Gasteiger charge is -2.46. The zero-order valence-electron chi connectivity index (χ0n) is 19.5. The van der Waals surface area contributed by atoms with E-state index in [1.165, 1.54) is 5.56 Å². The van der Waals surface area contributed by atoms with Gasteiger partial charge in [-0.3, -0.25) is 4.90 Å². The quantitative estimate of drug-likeness (QED) is 0.559. The van der Waals surface area contributed by atoms with Gasteiger partial charge < -0.3 is 14.7 Å². The van der Waals surface area contributed by atoms with Crippen LogP contribution in [0.3, 0.4) is 0 Å². The van der Waals surface area contributed by atoms with Gasteiger partial charge in [0.05, 0.1) is 18.9 Å². The summed E-state index contributed by atoms with van der Waals surface area (Å²) in [6.07, 6.45) is -1.05. The maximum Gasteiger partial charge on any atom is 0.490 e. The van der Waals surface area contributed by atoms with Gasteiger partial charge in [-0.05, 0) is 43.9 Å². The van der Waals surface area contributed by atoms with Gasteiger partial charge in [0, 0.05) is 42.8 Å². The average Bonchev–Trinajstić information content (AvgIpc) is 2.82. The Hall–Kier alpha value is -2.50. The number of carboxylic acids is 1. The van der Waals surface area contributed by atoms with Crippen LogP contribution in [0.4, 0.5) is 27.8 Å². The van der Waals surface area contributed by atoms with Crippen molar-refractivity contribution in [2.75, 3.05) is 31.1 Å². The number of carbonyl (C=O) groups is 1. The number of halogens is 6. The van der Waals surface area contributed by atoms with Crippen molar-refractivity contribution in [3.05, 3.63) is 58.7 Å². The van der Waals surface area contributed by atoms with E-state index in [4.69, 9.17) is 26.2 Å². The second-order valence-corrected chi connectivity index (χ2v) is 9.24. The smallest absolute Gasteiger partial charge is 0.475 e. The Labute approximate surface area is 210 Å². The Morgan fingerprint density at radius 3 is 2.36 bits per heavy atom. The first kappa shape index (κ1) is 28.1. The number of hydrogen-bond acceptors (Lipinski definition) is 5. The molecule has 1 N–H and O–H groups in total. The summed E-state index contributed by atoms with van der Waals surface area (Å²) in [5.41, 5.74) is 1.25. The number of alkyl halides is 3. The molecular weight excluding hydrogens is 509 g/mol. The van der Waals surface area contributed by atoms with E-state index in [0.29, 0.717) is 31.8 Å². The molecule has 36 heavy (non-hydrogen) atoms. The number of carboxylic acid groups (broad SMARTS) is 1. The van der Waals surface area contributed by atoms with Crippen LogP contribution >= 0.6 is 11.6 Å². The summed E-state index contributed by atoms with van der Waals surface area (Å²) in [5, 5.41) is 7.87. The monoisotopic (exact) mass is 535 g/mol. The molecule has 0 amide bonds. The third-order valence-electron chi connectivity index (χ3n) is 6.16. The summed E-state index contributed by atoms with van der Waals surface area (Å²) in [7, 11) is 0. The Kier molecular flexibility index (Phi) is 9.48. The fourth-order valence-electron chi connectivity index (χ4n) is 4.44. The minimum absolute atomic E-state index is 0.200. The third-order valence-corrected chi connectivity index (χ3v) is 6.41. The molecule has 0 bridgehead atoms. The van der Waals surface area contributed by atoms with Gasteiger partial charge in [0.15, 0.2) is 11.6 Å². The number of rotatable bonds is 4. The number of aromatic nitrogens is 1. The Morgan fingerprint density at radius 2 is 1.81 bits per heavy atom. The number of ether oxygens (including phenoxy) is 1. The molecule has 2 aromatic rings. The maximum atomic E-state index is 14.1. The van der Waals surface area contributed by atoms with Crippen LogP contribution in [-0.2, 0) is 16.0 Å². The van der Waals surface area contributed by atoms with Gasteiger partial charge in [-0.25, -0.2) is 18.6 Å². The van der Waals surface area contributed by atoms with Crippen molar-refractivity contribution < 1.29 is 36.6 Å². The van der Waals surface area contributed by atoms with Crippen LogP contribution < -0.4 is 4.90 Å². The lowest BCUT2D eigenvalue weighted by atomic mass is 9.96. The number of benzene rings is 1. The topological polar surface area (TPSA) is 65.9 Å². The largest absolute Gasteiger partial charge is 0.490 e. The minimum atomic E-state index is -5.08. The number of pyridine rings is 1. The molecule has 2 atom stereocenters. The van der Waals surface area contributed by atoms with Crippen LogP contribution in [0.2, 0.25) is 5.02 Å². The van der Waals surface area contributed by atoms with Gasteiger partial charge in [-0.2, -0.15) is 13.2 Å². The highest BCUT2D eigenvalue weighted by Crippen LogP contribution is 2.28. The zero-order chi connectivity index (χ0) is 26.5. The molecule has 1 aromatic heterocycles. The van der Waals surface area contributed by atoms with E-state index < -0.39 is 23.8 Å². The van der Waals surface area contributed by atoms with Crippen molar-refractivity contribution in [3.63, 3.8) is 0 Å². The van der Waals surface area contributed by atoms with E-state index in [1.807, 2.05) is 17.0 Å². The molecule has 0 saturated carbocycles. The first-order valence-electron chi connectivity index (χ1n) is 11.4. The van der Waals surface area contributed by atoms with Gasteiger partial charge in [0.2, 0.25) is 0 Å². The molecule has 0 spiro atoms. The number of nitrogens with zero attached hydrogens (tertiary/aromatic N) is 3. The molecular formula is C24H27ClF5N3O3. The number of piperidine rings is 1. The molecule has 2 aliphatic rings. The number of anilines is 1. The fourth-order valence-corrected chi connectivity index (χ4v) is 4.56. The first-order valence-corrected chi connectivity index (χ1v) is 11.8. The van der Waals surface area contributed by atoms with Gasteiger partial charge in [-0.1, -0.05) is 23.7 Å². The predicted octanol–water partition coefficient (Wildman–Crippen LogP) is 4.95. The second kappa shape index (κ2) is 12.2. The van der Waals surface area contributed by atoms with Gasteiger partial charge in [-0.15, -0.1) is 0 Å². The standard InChI is InChI=1S/C22H26ClF2N3O.C2HF3O2/c1-15-13-28(20(14-29-15)10-16-2-4-17(23)5-3-16)19-6-8-27(9-7-19)22-21(25)11-18(24)12-26-22;3-2(4,5)1(6)7/h2-5,11-12,15,19-20H,6-10,13-14H2,1H3;(H,6,7)/t15-,20-;/m0./s1. The average molecular weight is 536 g/mol. The molecule has 6 nitrogen and oxygen atoms in total. The molecule has 4 rings (SSSR count). The highest BCUT2D eigenvalue weighted by molar-refractivity contribution is 6.30. The van der Waals surface area contributed by atoms with Crippen molar-refractivity contribution in [3.8, 4) is 0 Å². The van der Waals surface area contributed by atoms with E-state index in [1.54, 1.807) is 0 Å². The highest BCUT2D eigenvalue weighted by Gasteiger charge is 2.38. The molecule has 12 heteroatoms. The molecule has 1 aromatic carbocycles. The summed E-state index contributed by atoms with van der Waals surface area (Å²) >= 11 is 6.02. The summed E-state index contributed by atoms with van der Waals surface area (Å²) in [4.78, 5) is 17.3. The molecule has 0 radical (unpaired) electrons. The van der Waals surface area contributed by atoms with Crippen LogP contribution in [0.5, 0.6) is 0 Å². The summed E-state index contributed by atoms with van der Waals surface area (Å²) < 4.78 is 64.9. The Balaban J connectivity index is 0.000000454. The van der Waals surface area contributed by atoms with Crippen LogP contribution in [-0.4, -0.2) is 71.6 Å². The highest BCUT2D eigenvalue weighted by atomic mass is 35.5. The van der Waals surface area contributed by atoms with Crippen molar-refractivity contribution in [1.82, 2.24) is 9.88 Å². The third kappa shape index (κ3) is 7.75.